The number of hydrogen-bond donors (Lipinski definition) is 1. The van der Waals surface area contributed by atoms with Crippen molar-refractivity contribution in [2.45, 2.75) is 6.42 Å². The molecule has 0 bridgehead atoms. The highest BCUT2D eigenvalue weighted by atomic mass is 35.5. The van der Waals surface area contributed by atoms with Crippen molar-refractivity contribution >= 4 is 51.7 Å². The third-order valence-electron chi connectivity index (χ3n) is 3.69. The maximum absolute atomic E-state index is 12.1. The summed E-state index contributed by atoms with van der Waals surface area (Å²) >= 11 is 13.4. The minimum atomic E-state index is -0.235. The zero-order chi connectivity index (χ0) is 19.2. The first-order valence-corrected chi connectivity index (χ1v) is 9.62. The number of halogens is 2. The standard InChI is InChI=1S/C20H16Cl2N2O2S/c1-26-15-6-2-13(3-7-15)5-9-19(25)24-20-23-12-16(27-20)10-14-4-8-17(21)18(22)11-14/h2-9,11-12H,10H2,1H3,(H,23,24,25)/b9-5+. The molecule has 3 rings (SSSR count). The smallest absolute Gasteiger partial charge is 0.250 e. The summed E-state index contributed by atoms with van der Waals surface area (Å²) in [6.07, 6.45) is 5.63. The second-order valence-electron chi connectivity index (χ2n) is 5.65. The number of thiazole rings is 1. The van der Waals surface area contributed by atoms with Crippen molar-refractivity contribution in [3.05, 3.63) is 80.8 Å². The third kappa shape index (κ3) is 5.57. The van der Waals surface area contributed by atoms with Gasteiger partial charge in [-0.2, -0.15) is 0 Å². The van der Waals surface area contributed by atoms with Crippen molar-refractivity contribution in [2.75, 3.05) is 12.4 Å². The molecule has 0 atom stereocenters. The number of anilines is 1. The molecule has 0 fully saturated rings. The van der Waals surface area contributed by atoms with Gasteiger partial charge in [0.15, 0.2) is 5.13 Å². The lowest BCUT2D eigenvalue weighted by molar-refractivity contribution is -0.111. The molecule has 1 heterocycles. The molecule has 0 aliphatic rings. The molecule has 7 heteroatoms. The second kappa shape index (κ2) is 9.04. The van der Waals surface area contributed by atoms with Gasteiger partial charge in [0, 0.05) is 23.6 Å². The third-order valence-corrected chi connectivity index (χ3v) is 5.34. The number of carbonyl (C=O) groups is 1. The van der Waals surface area contributed by atoms with Crippen LogP contribution in [0.25, 0.3) is 6.08 Å². The Labute approximate surface area is 171 Å². The van der Waals surface area contributed by atoms with E-state index in [0.717, 1.165) is 21.8 Å². The Morgan fingerprint density at radius 2 is 1.96 bits per heavy atom. The highest BCUT2D eigenvalue weighted by Gasteiger charge is 2.07. The number of ether oxygens (including phenoxy) is 1. The molecule has 0 unspecified atom stereocenters. The van der Waals surface area contributed by atoms with Crippen LogP contribution in [-0.4, -0.2) is 18.0 Å². The van der Waals surface area contributed by atoms with Gasteiger partial charge in [0.05, 0.1) is 17.2 Å². The summed E-state index contributed by atoms with van der Waals surface area (Å²) in [5, 5.41) is 4.37. The number of methoxy groups -OCH3 is 1. The van der Waals surface area contributed by atoms with Crippen LogP contribution in [0.3, 0.4) is 0 Å². The van der Waals surface area contributed by atoms with Gasteiger partial charge >= 0.3 is 0 Å². The Morgan fingerprint density at radius 3 is 2.67 bits per heavy atom. The van der Waals surface area contributed by atoms with Crippen molar-refractivity contribution in [3.63, 3.8) is 0 Å². The first-order chi connectivity index (χ1) is 13.0. The SMILES string of the molecule is COc1ccc(/C=C/C(=O)Nc2ncc(Cc3ccc(Cl)c(Cl)c3)s2)cc1. The summed E-state index contributed by atoms with van der Waals surface area (Å²) in [6, 6.07) is 13.0. The maximum Gasteiger partial charge on any atom is 0.250 e. The van der Waals surface area contributed by atoms with Gasteiger partial charge in [-0.1, -0.05) is 41.4 Å². The molecule has 27 heavy (non-hydrogen) atoms. The second-order valence-corrected chi connectivity index (χ2v) is 7.58. The van der Waals surface area contributed by atoms with Crippen molar-refractivity contribution in [2.24, 2.45) is 0 Å². The minimum absolute atomic E-state index is 0.235. The average molecular weight is 419 g/mol. The Bertz CT molecular complexity index is 968. The quantitative estimate of drug-likeness (QED) is 0.522. The van der Waals surface area contributed by atoms with Crippen LogP contribution in [-0.2, 0) is 11.2 Å². The number of rotatable bonds is 6. The van der Waals surface area contributed by atoms with Gasteiger partial charge in [0.2, 0.25) is 5.91 Å². The van der Waals surface area contributed by atoms with Crippen molar-refractivity contribution in [3.8, 4) is 5.75 Å². The van der Waals surface area contributed by atoms with Crippen LogP contribution in [0.1, 0.15) is 16.0 Å². The number of nitrogens with zero attached hydrogens (tertiary/aromatic N) is 1. The molecule has 0 spiro atoms. The highest BCUT2D eigenvalue weighted by Crippen LogP contribution is 2.26. The van der Waals surface area contributed by atoms with E-state index in [1.165, 1.54) is 17.4 Å². The van der Waals surface area contributed by atoms with Crippen LogP contribution in [0.15, 0.2) is 54.7 Å². The summed E-state index contributed by atoms with van der Waals surface area (Å²) < 4.78 is 5.11. The van der Waals surface area contributed by atoms with E-state index in [1.54, 1.807) is 25.4 Å². The summed E-state index contributed by atoms with van der Waals surface area (Å²) in [5.41, 5.74) is 1.94. The fourth-order valence-electron chi connectivity index (χ4n) is 2.33. The lowest BCUT2D eigenvalue weighted by atomic mass is 10.1. The van der Waals surface area contributed by atoms with Gasteiger partial charge < -0.3 is 4.74 Å². The number of hydrogen-bond acceptors (Lipinski definition) is 4. The van der Waals surface area contributed by atoms with Gasteiger partial charge in [-0.15, -0.1) is 11.3 Å². The van der Waals surface area contributed by atoms with E-state index in [-0.39, 0.29) is 5.91 Å². The Kier molecular flexibility index (Phi) is 6.50. The van der Waals surface area contributed by atoms with E-state index in [2.05, 4.69) is 10.3 Å². The normalized spacial score (nSPS) is 10.9. The lowest BCUT2D eigenvalue weighted by Crippen LogP contribution is -2.07. The molecule has 3 aromatic rings. The first-order valence-electron chi connectivity index (χ1n) is 8.05. The van der Waals surface area contributed by atoms with Crippen LogP contribution in [0.2, 0.25) is 10.0 Å². The van der Waals surface area contributed by atoms with Gasteiger partial charge in [0.25, 0.3) is 0 Å². The molecule has 1 aromatic heterocycles. The van der Waals surface area contributed by atoms with E-state index < -0.39 is 0 Å². The molecule has 0 aliphatic carbocycles. The number of carbonyl (C=O) groups excluding carboxylic acids is 1. The number of nitrogens with one attached hydrogen (secondary N) is 1. The van der Waals surface area contributed by atoms with Crippen LogP contribution < -0.4 is 10.1 Å². The fourth-order valence-corrected chi connectivity index (χ4v) is 3.50. The fraction of sp³-hybridized carbons (Fsp3) is 0.100. The number of aromatic nitrogens is 1. The Morgan fingerprint density at radius 1 is 1.19 bits per heavy atom. The number of benzene rings is 2. The van der Waals surface area contributed by atoms with Crippen LogP contribution in [0.5, 0.6) is 5.75 Å². The Balaban J connectivity index is 1.58. The molecule has 138 valence electrons. The van der Waals surface area contributed by atoms with Crippen LogP contribution in [0, 0.1) is 0 Å². The predicted molar refractivity (Wildman–Crippen MR) is 112 cm³/mol. The molecule has 1 amide bonds. The van der Waals surface area contributed by atoms with Gasteiger partial charge in [-0.25, -0.2) is 4.98 Å². The summed E-state index contributed by atoms with van der Waals surface area (Å²) in [7, 11) is 1.61. The maximum atomic E-state index is 12.1. The molecular weight excluding hydrogens is 403 g/mol. The first kappa shape index (κ1) is 19.4. The topological polar surface area (TPSA) is 51.2 Å². The van der Waals surface area contributed by atoms with Crippen molar-refractivity contribution < 1.29 is 9.53 Å². The summed E-state index contributed by atoms with van der Waals surface area (Å²) in [5.74, 6) is 0.537. The van der Waals surface area contributed by atoms with Crippen LogP contribution >= 0.6 is 34.5 Å². The Hall–Kier alpha value is -2.34. The average Bonchev–Trinajstić information content (AvgIpc) is 3.10. The zero-order valence-electron chi connectivity index (χ0n) is 14.4. The molecule has 0 saturated carbocycles. The molecule has 4 nitrogen and oxygen atoms in total. The highest BCUT2D eigenvalue weighted by molar-refractivity contribution is 7.15. The predicted octanol–water partition coefficient (Wildman–Crippen LogP) is 5.70. The molecule has 0 radical (unpaired) electrons. The summed E-state index contributed by atoms with van der Waals surface area (Å²) in [4.78, 5) is 17.3. The number of amides is 1. The molecule has 1 N–H and O–H groups in total. The molecule has 0 aliphatic heterocycles. The van der Waals surface area contributed by atoms with E-state index in [9.17, 15) is 4.79 Å². The van der Waals surface area contributed by atoms with Gasteiger partial charge in [-0.05, 0) is 41.5 Å². The largest absolute Gasteiger partial charge is 0.497 e. The van der Waals surface area contributed by atoms with Crippen molar-refractivity contribution in [1.82, 2.24) is 4.98 Å². The van der Waals surface area contributed by atoms with E-state index >= 15 is 0 Å². The summed E-state index contributed by atoms with van der Waals surface area (Å²) in [6.45, 7) is 0. The molecule has 2 aromatic carbocycles. The van der Waals surface area contributed by atoms with Gasteiger partial charge in [-0.3, -0.25) is 10.1 Å². The lowest BCUT2D eigenvalue weighted by Gasteiger charge is -2.01. The monoisotopic (exact) mass is 418 g/mol. The van der Waals surface area contributed by atoms with Gasteiger partial charge in [0.1, 0.15) is 5.75 Å². The van der Waals surface area contributed by atoms with E-state index in [1.807, 2.05) is 36.4 Å². The minimum Gasteiger partial charge on any atom is -0.497 e. The van der Waals surface area contributed by atoms with E-state index in [4.69, 9.17) is 27.9 Å². The molecule has 0 saturated heterocycles. The molecular formula is C20H16Cl2N2O2S. The van der Waals surface area contributed by atoms with E-state index in [0.29, 0.717) is 21.6 Å². The van der Waals surface area contributed by atoms with Crippen molar-refractivity contribution in [1.29, 1.82) is 0 Å². The van der Waals surface area contributed by atoms with Crippen LogP contribution in [0.4, 0.5) is 5.13 Å². The zero-order valence-corrected chi connectivity index (χ0v) is 16.7.